The van der Waals surface area contributed by atoms with Crippen molar-refractivity contribution in [2.75, 3.05) is 19.6 Å². The Morgan fingerprint density at radius 1 is 0.914 bits per heavy atom. The van der Waals surface area contributed by atoms with Gasteiger partial charge in [-0.2, -0.15) is 4.65 Å². The van der Waals surface area contributed by atoms with Crippen LogP contribution < -0.4 is 5.69 Å². The molecule has 4 aromatic rings. The van der Waals surface area contributed by atoms with E-state index >= 15 is 0 Å². The minimum atomic E-state index is -0.288. The number of quaternary nitrogens is 1. The monoisotopic (exact) mass is 478 g/mol. The predicted octanol–water partition coefficient (Wildman–Crippen LogP) is 5.76. The lowest BCUT2D eigenvalue weighted by Gasteiger charge is -2.37. The molecule has 35 heavy (non-hydrogen) atoms. The maximum atomic E-state index is 13.5. The van der Waals surface area contributed by atoms with Crippen LogP contribution in [-0.2, 0) is 0 Å². The molecular formula is C28H30F2N3O2+. The molecule has 0 atom stereocenters. The summed E-state index contributed by atoms with van der Waals surface area (Å²) in [6.07, 6.45) is 2.95. The van der Waals surface area contributed by atoms with Crippen molar-refractivity contribution in [3.8, 4) is 0 Å². The maximum absolute atomic E-state index is 13.5. The van der Waals surface area contributed by atoms with E-state index in [4.69, 9.17) is 0 Å². The molecule has 0 radical (unpaired) electrons. The van der Waals surface area contributed by atoms with Crippen molar-refractivity contribution in [1.29, 1.82) is 0 Å². The number of hydroxylamine groups is 3. The van der Waals surface area contributed by atoms with Gasteiger partial charge >= 0.3 is 5.69 Å². The van der Waals surface area contributed by atoms with Crippen molar-refractivity contribution in [3.63, 3.8) is 0 Å². The van der Waals surface area contributed by atoms with Crippen LogP contribution >= 0.6 is 0 Å². The molecule has 182 valence electrons. The molecule has 1 aliphatic rings. The Kier molecular flexibility index (Phi) is 6.54. The van der Waals surface area contributed by atoms with Crippen LogP contribution in [0.25, 0.3) is 11.0 Å². The summed E-state index contributed by atoms with van der Waals surface area (Å²) in [5.41, 5.74) is 3.58. The van der Waals surface area contributed by atoms with Gasteiger partial charge in [-0.15, -0.1) is 0 Å². The van der Waals surface area contributed by atoms with E-state index < -0.39 is 0 Å². The zero-order chi connectivity index (χ0) is 24.4. The highest BCUT2D eigenvalue weighted by molar-refractivity contribution is 5.75. The number of nitrogens with one attached hydrogen (secondary N) is 1. The maximum Gasteiger partial charge on any atom is 0.326 e. The van der Waals surface area contributed by atoms with Crippen LogP contribution in [0.5, 0.6) is 0 Å². The van der Waals surface area contributed by atoms with Gasteiger partial charge in [-0.25, -0.2) is 18.8 Å². The lowest BCUT2D eigenvalue weighted by molar-refractivity contribution is -1.11. The quantitative estimate of drug-likeness (QED) is 0.332. The number of hydrogen-bond acceptors (Lipinski definition) is 2. The third kappa shape index (κ3) is 5.06. The number of H-pyrrole nitrogens is 1. The van der Waals surface area contributed by atoms with E-state index in [1.165, 1.54) is 24.3 Å². The van der Waals surface area contributed by atoms with Crippen LogP contribution in [0.3, 0.4) is 0 Å². The van der Waals surface area contributed by atoms with E-state index in [-0.39, 0.29) is 33.9 Å². The Labute approximate surface area is 202 Å². The van der Waals surface area contributed by atoms with Gasteiger partial charge in [-0.05, 0) is 53.9 Å². The fourth-order valence-corrected chi connectivity index (χ4v) is 5.46. The summed E-state index contributed by atoms with van der Waals surface area (Å²) in [5, 5.41) is 11.2. The summed E-state index contributed by atoms with van der Waals surface area (Å²) in [6, 6.07) is 20.6. The second kappa shape index (κ2) is 9.76. The molecule has 0 amide bonds. The molecule has 0 unspecified atom stereocenters. The van der Waals surface area contributed by atoms with E-state index in [0.717, 1.165) is 47.8 Å². The van der Waals surface area contributed by atoms with Crippen molar-refractivity contribution < 1.29 is 18.6 Å². The number of halogens is 2. The number of aromatic nitrogens is 2. The van der Waals surface area contributed by atoms with Gasteiger partial charge in [0.15, 0.2) is 0 Å². The molecule has 7 heteroatoms. The van der Waals surface area contributed by atoms with Crippen LogP contribution in [0.1, 0.15) is 48.8 Å². The molecule has 5 rings (SSSR count). The molecule has 5 nitrogen and oxygen atoms in total. The zero-order valence-electron chi connectivity index (χ0n) is 19.5. The van der Waals surface area contributed by atoms with Crippen molar-refractivity contribution in [3.05, 3.63) is 106 Å². The minimum absolute atomic E-state index is 0.00913. The number of nitrogens with zero attached hydrogens (tertiary/aromatic N) is 2. The first-order valence-corrected chi connectivity index (χ1v) is 12.2. The largest absolute Gasteiger partial charge is 0.326 e. The second-order valence-electron chi connectivity index (χ2n) is 9.61. The smallest absolute Gasteiger partial charge is 0.306 e. The highest BCUT2D eigenvalue weighted by Gasteiger charge is 2.34. The lowest BCUT2D eigenvalue weighted by Crippen LogP contribution is -2.51. The van der Waals surface area contributed by atoms with E-state index in [1.54, 1.807) is 24.3 Å². The number of piperidine rings is 1. The number of imidazole rings is 1. The van der Waals surface area contributed by atoms with E-state index in [1.807, 2.05) is 28.8 Å². The Morgan fingerprint density at radius 2 is 1.49 bits per heavy atom. The first-order valence-electron chi connectivity index (χ1n) is 12.2. The second-order valence-corrected chi connectivity index (χ2v) is 9.61. The zero-order valence-corrected chi connectivity index (χ0v) is 19.5. The lowest BCUT2D eigenvalue weighted by atomic mass is 9.87. The fourth-order valence-electron chi connectivity index (χ4n) is 5.46. The summed E-state index contributed by atoms with van der Waals surface area (Å²) in [7, 11) is 0. The normalized spacial score (nSPS) is 20.5. The molecular weight excluding hydrogens is 448 g/mol. The highest BCUT2D eigenvalue weighted by Crippen LogP contribution is 2.32. The number of fused-ring (bicyclic) bond motifs is 1. The average molecular weight is 479 g/mol. The number of likely N-dealkylation sites (tertiary alicyclic amines) is 1. The molecule has 0 saturated carbocycles. The minimum Gasteiger partial charge on any atom is -0.306 e. The Bertz CT molecular complexity index is 1290. The topological polar surface area (TPSA) is 58.0 Å². The molecule has 1 aliphatic heterocycles. The van der Waals surface area contributed by atoms with Crippen molar-refractivity contribution in [1.82, 2.24) is 9.55 Å². The van der Waals surface area contributed by atoms with Gasteiger partial charge in [0.1, 0.15) is 31.3 Å². The van der Waals surface area contributed by atoms with Crippen molar-refractivity contribution >= 4 is 11.0 Å². The van der Waals surface area contributed by atoms with Crippen molar-refractivity contribution in [2.24, 2.45) is 0 Å². The van der Waals surface area contributed by atoms with Gasteiger partial charge in [0.05, 0.1) is 11.0 Å². The summed E-state index contributed by atoms with van der Waals surface area (Å²) in [6.45, 7) is 1.75. The molecule has 2 N–H and O–H groups in total. The summed E-state index contributed by atoms with van der Waals surface area (Å²) >= 11 is 0. The third-order valence-corrected chi connectivity index (χ3v) is 7.36. The van der Waals surface area contributed by atoms with Crippen LogP contribution in [-0.4, -0.2) is 39.0 Å². The molecule has 0 spiro atoms. The van der Waals surface area contributed by atoms with Crippen LogP contribution in [0, 0.1) is 11.6 Å². The molecule has 0 bridgehead atoms. The van der Waals surface area contributed by atoms with E-state index in [9.17, 15) is 18.8 Å². The predicted molar refractivity (Wildman–Crippen MR) is 131 cm³/mol. The molecule has 1 fully saturated rings. The highest BCUT2D eigenvalue weighted by atomic mass is 19.1. The van der Waals surface area contributed by atoms with Crippen molar-refractivity contribution in [2.45, 2.75) is 37.6 Å². The van der Waals surface area contributed by atoms with Gasteiger partial charge in [-0.3, -0.25) is 4.57 Å². The standard InChI is InChI=1S/C28H29F2N3O2/c29-22-11-7-20(8-12-22)25(21-9-13-23(30)14-10-21)4-3-17-33(35)18-15-24(16-19-33)32-27-6-2-1-5-26(27)31-28(32)34/h1-2,5-14,24-25,35H,3-4,15-19H2/p+1. The van der Waals surface area contributed by atoms with Crippen LogP contribution in [0.15, 0.2) is 77.6 Å². The molecule has 1 saturated heterocycles. The number of aromatic amines is 1. The summed E-state index contributed by atoms with van der Waals surface area (Å²) < 4.78 is 28.8. The van der Waals surface area contributed by atoms with Crippen LogP contribution in [0.2, 0.25) is 0 Å². The van der Waals surface area contributed by atoms with E-state index in [2.05, 4.69) is 4.98 Å². The Morgan fingerprint density at radius 3 is 2.09 bits per heavy atom. The summed E-state index contributed by atoms with van der Waals surface area (Å²) in [5.74, 6) is -0.586. The van der Waals surface area contributed by atoms with E-state index in [0.29, 0.717) is 19.6 Å². The first kappa shape index (κ1) is 23.5. The number of benzene rings is 3. The number of rotatable bonds is 7. The average Bonchev–Trinajstić information content (AvgIpc) is 3.20. The number of para-hydroxylation sites is 2. The third-order valence-electron chi connectivity index (χ3n) is 7.36. The molecule has 0 aliphatic carbocycles. The molecule has 1 aromatic heterocycles. The SMILES string of the molecule is O=c1[nH]c2ccccc2n1C1CC[N+](O)(CCCC(c2ccc(F)cc2)c2ccc(F)cc2)CC1. The fraction of sp³-hybridized carbons (Fsp3) is 0.321. The summed E-state index contributed by atoms with van der Waals surface area (Å²) in [4.78, 5) is 15.5. The van der Waals surface area contributed by atoms with Crippen LogP contribution in [0.4, 0.5) is 8.78 Å². The van der Waals surface area contributed by atoms with Gasteiger partial charge in [0.2, 0.25) is 0 Å². The Balaban J connectivity index is 1.24. The first-order chi connectivity index (χ1) is 16.9. The number of hydrogen-bond donors (Lipinski definition) is 2. The van der Waals surface area contributed by atoms with Gasteiger partial charge < -0.3 is 4.98 Å². The van der Waals surface area contributed by atoms with Gasteiger partial charge in [0.25, 0.3) is 0 Å². The van der Waals surface area contributed by atoms with Gasteiger partial charge in [-0.1, -0.05) is 36.4 Å². The molecule has 2 heterocycles. The van der Waals surface area contributed by atoms with Gasteiger partial charge in [0, 0.05) is 31.2 Å². The molecule has 3 aromatic carbocycles. The Hall–Kier alpha value is -3.29.